The van der Waals surface area contributed by atoms with Crippen LogP contribution in [0.5, 0.6) is 11.5 Å². The summed E-state index contributed by atoms with van der Waals surface area (Å²) >= 11 is 3.37. The van der Waals surface area contributed by atoms with Crippen LogP contribution in [-0.2, 0) is 6.61 Å². The number of hydrogen-bond acceptors (Lipinski definition) is 3. The van der Waals surface area contributed by atoms with Crippen LogP contribution in [0.3, 0.4) is 0 Å². The zero-order valence-corrected chi connectivity index (χ0v) is 12.3. The summed E-state index contributed by atoms with van der Waals surface area (Å²) in [6, 6.07) is 9.65. The summed E-state index contributed by atoms with van der Waals surface area (Å²) in [4.78, 5) is 10.9. The molecular weight excluding hydrogens is 327 g/mol. The number of benzene rings is 2. The third kappa shape index (κ3) is 3.17. The lowest BCUT2D eigenvalue weighted by atomic mass is 10.2. The summed E-state index contributed by atoms with van der Waals surface area (Å²) in [6.45, 7) is 0.157. The fourth-order valence-corrected chi connectivity index (χ4v) is 2.31. The molecule has 20 heavy (non-hydrogen) atoms. The average Bonchev–Trinajstić information content (AvgIpc) is 2.46. The van der Waals surface area contributed by atoms with Gasteiger partial charge in [-0.25, -0.2) is 4.39 Å². The van der Waals surface area contributed by atoms with E-state index in [4.69, 9.17) is 9.47 Å². The Morgan fingerprint density at radius 3 is 2.75 bits per heavy atom. The van der Waals surface area contributed by atoms with E-state index in [1.165, 1.54) is 18.2 Å². The molecule has 0 unspecified atom stereocenters. The highest BCUT2D eigenvalue weighted by atomic mass is 79.9. The van der Waals surface area contributed by atoms with Crippen molar-refractivity contribution in [2.45, 2.75) is 6.61 Å². The van der Waals surface area contributed by atoms with E-state index in [0.29, 0.717) is 12.0 Å². The highest BCUT2D eigenvalue weighted by Crippen LogP contribution is 2.27. The van der Waals surface area contributed by atoms with E-state index in [2.05, 4.69) is 15.9 Å². The van der Waals surface area contributed by atoms with Crippen LogP contribution in [-0.4, -0.2) is 13.4 Å². The SMILES string of the molecule is COc1ccc(COc2c(F)cccc2C=O)cc1Br. The molecule has 0 fully saturated rings. The van der Waals surface area contributed by atoms with Crippen LogP contribution in [0.4, 0.5) is 4.39 Å². The molecule has 2 rings (SSSR count). The third-order valence-corrected chi connectivity index (χ3v) is 3.34. The fourth-order valence-electron chi connectivity index (χ4n) is 1.73. The number of carbonyl (C=O) groups is 1. The van der Waals surface area contributed by atoms with Gasteiger partial charge in [-0.15, -0.1) is 0 Å². The molecule has 0 N–H and O–H groups in total. The number of carbonyl (C=O) groups excluding carboxylic acids is 1. The minimum Gasteiger partial charge on any atom is -0.496 e. The van der Waals surface area contributed by atoms with Crippen molar-refractivity contribution in [3.05, 3.63) is 57.8 Å². The van der Waals surface area contributed by atoms with Gasteiger partial charge in [0.05, 0.1) is 17.1 Å². The van der Waals surface area contributed by atoms with Gasteiger partial charge in [0.25, 0.3) is 0 Å². The van der Waals surface area contributed by atoms with Crippen LogP contribution in [0.25, 0.3) is 0 Å². The molecule has 0 heterocycles. The van der Waals surface area contributed by atoms with Gasteiger partial charge in [-0.3, -0.25) is 4.79 Å². The first-order valence-electron chi connectivity index (χ1n) is 5.84. The largest absolute Gasteiger partial charge is 0.496 e. The lowest BCUT2D eigenvalue weighted by Crippen LogP contribution is -2.01. The Morgan fingerprint density at radius 2 is 2.10 bits per heavy atom. The van der Waals surface area contributed by atoms with Crippen LogP contribution < -0.4 is 9.47 Å². The van der Waals surface area contributed by atoms with E-state index < -0.39 is 5.82 Å². The molecule has 0 aliphatic heterocycles. The molecule has 0 spiro atoms. The molecular formula is C15H12BrFO3. The first kappa shape index (κ1) is 14.5. The summed E-state index contributed by atoms with van der Waals surface area (Å²) in [5, 5.41) is 0. The summed E-state index contributed by atoms with van der Waals surface area (Å²) in [5.41, 5.74) is 1.02. The molecule has 2 aromatic carbocycles. The molecule has 0 aromatic heterocycles. The second kappa shape index (κ2) is 6.52. The molecule has 0 saturated carbocycles. The van der Waals surface area contributed by atoms with Crippen molar-refractivity contribution in [2.24, 2.45) is 0 Å². The Labute approximate surface area is 124 Å². The highest BCUT2D eigenvalue weighted by Gasteiger charge is 2.10. The van der Waals surface area contributed by atoms with Crippen molar-refractivity contribution in [3.8, 4) is 11.5 Å². The number of para-hydroxylation sites is 1. The smallest absolute Gasteiger partial charge is 0.165 e. The van der Waals surface area contributed by atoms with Gasteiger partial charge < -0.3 is 9.47 Å². The predicted octanol–water partition coefficient (Wildman–Crippen LogP) is 3.99. The van der Waals surface area contributed by atoms with Crippen molar-refractivity contribution >= 4 is 22.2 Å². The quantitative estimate of drug-likeness (QED) is 0.773. The van der Waals surface area contributed by atoms with Gasteiger partial charge in [0.2, 0.25) is 0 Å². The van der Waals surface area contributed by atoms with Crippen LogP contribution in [0.2, 0.25) is 0 Å². The molecule has 5 heteroatoms. The van der Waals surface area contributed by atoms with E-state index in [-0.39, 0.29) is 17.9 Å². The molecule has 0 atom stereocenters. The Hall–Kier alpha value is -1.88. The number of halogens is 2. The van der Waals surface area contributed by atoms with E-state index in [9.17, 15) is 9.18 Å². The molecule has 3 nitrogen and oxygen atoms in total. The summed E-state index contributed by atoms with van der Waals surface area (Å²) < 4.78 is 24.9. The second-order valence-corrected chi connectivity index (χ2v) is 4.89. The number of hydrogen-bond donors (Lipinski definition) is 0. The van der Waals surface area contributed by atoms with E-state index in [0.717, 1.165) is 10.0 Å². The third-order valence-electron chi connectivity index (χ3n) is 2.72. The molecule has 0 bridgehead atoms. The van der Waals surface area contributed by atoms with Gasteiger partial charge in [0, 0.05) is 0 Å². The van der Waals surface area contributed by atoms with E-state index in [1.807, 2.05) is 12.1 Å². The first-order valence-corrected chi connectivity index (χ1v) is 6.64. The van der Waals surface area contributed by atoms with Gasteiger partial charge in [-0.05, 0) is 45.8 Å². The van der Waals surface area contributed by atoms with Crippen molar-refractivity contribution < 1.29 is 18.7 Å². The molecule has 0 aliphatic carbocycles. The van der Waals surface area contributed by atoms with E-state index >= 15 is 0 Å². The molecule has 0 saturated heterocycles. The minimum absolute atomic E-state index is 0.0329. The maximum absolute atomic E-state index is 13.6. The Morgan fingerprint density at radius 1 is 1.30 bits per heavy atom. The Balaban J connectivity index is 2.17. The lowest BCUT2D eigenvalue weighted by Gasteiger charge is -2.10. The van der Waals surface area contributed by atoms with Gasteiger partial charge >= 0.3 is 0 Å². The maximum Gasteiger partial charge on any atom is 0.165 e. The summed E-state index contributed by atoms with van der Waals surface area (Å²) in [6.07, 6.45) is 0.572. The number of methoxy groups -OCH3 is 1. The van der Waals surface area contributed by atoms with Gasteiger partial charge in [-0.1, -0.05) is 12.1 Å². The van der Waals surface area contributed by atoms with Crippen LogP contribution in [0.1, 0.15) is 15.9 Å². The van der Waals surface area contributed by atoms with Gasteiger partial charge in [0.15, 0.2) is 17.9 Å². The Kier molecular flexibility index (Phi) is 4.74. The van der Waals surface area contributed by atoms with E-state index in [1.54, 1.807) is 13.2 Å². The molecule has 0 amide bonds. The molecule has 104 valence electrons. The van der Waals surface area contributed by atoms with Gasteiger partial charge in [-0.2, -0.15) is 0 Å². The van der Waals surface area contributed by atoms with Crippen molar-refractivity contribution in [1.82, 2.24) is 0 Å². The number of aldehydes is 1. The fraction of sp³-hybridized carbons (Fsp3) is 0.133. The number of ether oxygens (including phenoxy) is 2. The highest BCUT2D eigenvalue weighted by molar-refractivity contribution is 9.10. The minimum atomic E-state index is -0.554. The average molecular weight is 339 g/mol. The van der Waals surface area contributed by atoms with Gasteiger partial charge in [0.1, 0.15) is 12.4 Å². The monoisotopic (exact) mass is 338 g/mol. The molecule has 2 aromatic rings. The van der Waals surface area contributed by atoms with Crippen molar-refractivity contribution in [3.63, 3.8) is 0 Å². The lowest BCUT2D eigenvalue weighted by molar-refractivity contribution is 0.111. The normalized spacial score (nSPS) is 10.2. The second-order valence-electron chi connectivity index (χ2n) is 4.03. The standard InChI is InChI=1S/C15H12BrFO3/c1-19-14-6-5-10(7-12(14)16)9-20-15-11(8-18)3-2-4-13(15)17/h2-8H,9H2,1H3. The zero-order valence-electron chi connectivity index (χ0n) is 10.7. The summed E-state index contributed by atoms with van der Waals surface area (Å²) in [7, 11) is 1.58. The topological polar surface area (TPSA) is 35.5 Å². The first-order chi connectivity index (χ1) is 9.65. The molecule has 0 radical (unpaired) electrons. The Bertz CT molecular complexity index is 629. The van der Waals surface area contributed by atoms with Crippen LogP contribution >= 0.6 is 15.9 Å². The zero-order chi connectivity index (χ0) is 14.5. The number of rotatable bonds is 5. The predicted molar refractivity (Wildman–Crippen MR) is 76.8 cm³/mol. The van der Waals surface area contributed by atoms with Crippen LogP contribution in [0, 0.1) is 5.82 Å². The van der Waals surface area contributed by atoms with Crippen LogP contribution in [0.15, 0.2) is 40.9 Å². The summed E-state index contributed by atoms with van der Waals surface area (Å²) in [5.74, 6) is 0.116. The van der Waals surface area contributed by atoms with Crippen molar-refractivity contribution in [2.75, 3.05) is 7.11 Å². The molecule has 0 aliphatic rings. The van der Waals surface area contributed by atoms with Crippen molar-refractivity contribution in [1.29, 1.82) is 0 Å². The maximum atomic E-state index is 13.6.